The molecule has 0 aliphatic carbocycles. The molecule has 0 unspecified atom stereocenters. The Bertz CT molecular complexity index is 713. The van der Waals surface area contributed by atoms with E-state index in [9.17, 15) is 0 Å². The van der Waals surface area contributed by atoms with Crippen molar-refractivity contribution >= 4 is 11.8 Å². The molecule has 2 aromatic rings. The average Bonchev–Trinajstić information content (AvgIpc) is 3.26. The number of rotatable bonds is 5. The van der Waals surface area contributed by atoms with Crippen molar-refractivity contribution in [2.24, 2.45) is 0 Å². The van der Waals surface area contributed by atoms with Crippen molar-refractivity contribution < 1.29 is 14.2 Å². The van der Waals surface area contributed by atoms with Crippen LogP contribution in [-0.4, -0.2) is 40.2 Å². The zero-order valence-electron chi connectivity index (χ0n) is 13.7. The van der Waals surface area contributed by atoms with Crippen LogP contribution in [0.1, 0.15) is 37.0 Å². The summed E-state index contributed by atoms with van der Waals surface area (Å²) in [6.07, 6.45) is 6.25. The maximum atomic E-state index is 5.95. The summed E-state index contributed by atoms with van der Waals surface area (Å²) in [7, 11) is 0. The van der Waals surface area contributed by atoms with Gasteiger partial charge in [-0.05, 0) is 37.7 Å². The van der Waals surface area contributed by atoms with E-state index in [0.717, 1.165) is 60.5 Å². The molecule has 1 fully saturated rings. The summed E-state index contributed by atoms with van der Waals surface area (Å²) in [6.45, 7) is 1.06. The van der Waals surface area contributed by atoms with Gasteiger partial charge in [-0.1, -0.05) is 0 Å². The molecule has 24 heavy (non-hydrogen) atoms. The summed E-state index contributed by atoms with van der Waals surface area (Å²) in [5, 5.41) is 4.73. The van der Waals surface area contributed by atoms with Crippen LogP contribution in [0.3, 0.4) is 0 Å². The van der Waals surface area contributed by atoms with Crippen LogP contribution in [0.4, 0.5) is 0 Å². The first-order valence-corrected chi connectivity index (χ1v) is 9.71. The highest BCUT2D eigenvalue weighted by molar-refractivity contribution is 7.98. The standard InChI is InChI=1S/C17H21N3O3S/c1-24-9-7-16-18-17(14-4-2-3-8-21-14)20(19-16)12-5-6-13-15(10-12)23-11-22-13/h5-6,10,14H,2-4,7-9,11H2,1H3/t14-/m1/s1. The second kappa shape index (κ2) is 7.03. The van der Waals surface area contributed by atoms with Gasteiger partial charge in [-0.2, -0.15) is 16.9 Å². The Morgan fingerprint density at radius 2 is 2.17 bits per heavy atom. The van der Waals surface area contributed by atoms with Crippen molar-refractivity contribution in [2.75, 3.05) is 25.4 Å². The molecule has 0 radical (unpaired) electrons. The molecular weight excluding hydrogens is 326 g/mol. The summed E-state index contributed by atoms with van der Waals surface area (Å²) < 4.78 is 18.8. The molecule has 0 saturated carbocycles. The minimum Gasteiger partial charge on any atom is -0.454 e. The lowest BCUT2D eigenvalue weighted by molar-refractivity contribution is 0.00817. The third kappa shape index (κ3) is 3.10. The fraction of sp³-hybridized carbons (Fsp3) is 0.529. The predicted molar refractivity (Wildman–Crippen MR) is 92.1 cm³/mol. The molecule has 0 N–H and O–H groups in total. The molecular formula is C17H21N3O3S. The van der Waals surface area contributed by atoms with Crippen LogP contribution < -0.4 is 9.47 Å². The van der Waals surface area contributed by atoms with Gasteiger partial charge in [0.2, 0.25) is 6.79 Å². The Kier molecular flexibility index (Phi) is 4.62. The largest absolute Gasteiger partial charge is 0.454 e. The number of benzene rings is 1. The van der Waals surface area contributed by atoms with Crippen LogP contribution in [0.15, 0.2) is 18.2 Å². The maximum absolute atomic E-state index is 5.95. The summed E-state index contributed by atoms with van der Waals surface area (Å²) in [5.74, 6) is 4.30. The van der Waals surface area contributed by atoms with Gasteiger partial charge in [0.1, 0.15) is 6.10 Å². The number of nitrogens with zero attached hydrogens (tertiary/aromatic N) is 3. The van der Waals surface area contributed by atoms with E-state index in [-0.39, 0.29) is 12.9 Å². The average molecular weight is 347 g/mol. The van der Waals surface area contributed by atoms with E-state index in [1.165, 1.54) is 6.42 Å². The highest BCUT2D eigenvalue weighted by atomic mass is 32.2. The molecule has 0 bridgehead atoms. The topological polar surface area (TPSA) is 58.4 Å². The van der Waals surface area contributed by atoms with Crippen LogP contribution in [0.5, 0.6) is 11.5 Å². The van der Waals surface area contributed by atoms with Crippen LogP contribution in [-0.2, 0) is 11.2 Å². The second-order valence-electron chi connectivity index (χ2n) is 5.93. The number of fused-ring (bicyclic) bond motifs is 1. The Morgan fingerprint density at radius 3 is 3.00 bits per heavy atom. The number of hydrogen-bond donors (Lipinski definition) is 0. The molecule has 1 saturated heterocycles. The van der Waals surface area contributed by atoms with Gasteiger partial charge in [-0.25, -0.2) is 9.67 Å². The molecule has 6 nitrogen and oxygen atoms in total. The van der Waals surface area contributed by atoms with Gasteiger partial charge in [0.25, 0.3) is 0 Å². The van der Waals surface area contributed by atoms with Gasteiger partial charge in [-0.3, -0.25) is 0 Å². The van der Waals surface area contributed by atoms with E-state index in [0.29, 0.717) is 0 Å². The summed E-state index contributed by atoms with van der Waals surface area (Å²) in [6, 6.07) is 5.88. The third-order valence-electron chi connectivity index (χ3n) is 4.27. The van der Waals surface area contributed by atoms with Gasteiger partial charge < -0.3 is 14.2 Å². The second-order valence-corrected chi connectivity index (χ2v) is 6.92. The van der Waals surface area contributed by atoms with Gasteiger partial charge in [0.05, 0.1) is 5.69 Å². The van der Waals surface area contributed by atoms with Crippen molar-refractivity contribution in [3.63, 3.8) is 0 Å². The fourth-order valence-corrected chi connectivity index (χ4v) is 3.41. The molecule has 1 atom stereocenters. The minimum absolute atomic E-state index is 0.0136. The van der Waals surface area contributed by atoms with E-state index in [2.05, 4.69) is 6.26 Å². The molecule has 4 rings (SSSR count). The number of thioether (sulfide) groups is 1. The van der Waals surface area contributed by atoms with Crippen molar-refractivity contribution in [1.29, 1.82) is 0 Å². The Labute approximate surface area is 145 Å². The van der Waals surface area contributed by atoms with E-state index in [1.54, 1.807) is 11.8 Å². The van der Waals surface area contributed by atoms with E-state index in [4.69, 9.17) is 24.3 Å². The number of ether oxygens (including phenoxy) is 3. The quantitative estimate of drug-likeness (QED) is 0.828. The third-order valence-corrected chi connectivity index (χ3v) is 4.89. The number of hydrogen-bond acceptors (Lipinski definition) is 6. The van der Waals surface area contributed by atoms with Crippen molar-refractivity contribution in [3.05, 3.63) is 29.8 Å². The predicted octanol–water partition coefficient (Wildman–Crippen LogP) is 3.14. The van der Waals surface area contributed by atoms with Crippen molar-refractivity contribution in [3.8, 4) is 17.2 Å². The molecule has 1 aromatic carbocycles. The lowest BCUT2D eigenvalue weighted by Gasteiger charge is -2.22. The molecule has 0 amide bonds. The summed E-state index contributed by atoms with van der Waals surface area (Å²) in [4.78, 5) is 4.78. The summed E-state index contributed by atoms with van der Waals surface area (Å²) >= 11 is 1.80. The number of aromatic nitrogens is 3. The van der Waals surface area contributed by atoms with Gasteiger partial charge >= 0.3 is 0 Å². The van der Waals surface area contributed by atoms with Crippen LogP contribution in [0, 0.1) is 0 Å². The smallest absolute Gasteiger partial charge is 0.231 e. The minimum atomic E-state index is 0.0136. The highest BCUT2D eigenvalue weighted by Gasteiger charge is 2.25. The SMILES string of the molecule is CSCCc1nc([C@H]2CCCCO2)n(-c2ccc3c(c2)OCO3)n1. The normalized spacial score (nSPS) is 19.6. The van der Waals surface area contributed by atoms with Gasteiger partial charge in [0.15, 0.2) is 23.1 Å². The monoisotopic (exact) mass is 347 g/mol. The number of aryl methyl sites for hydroxylation is 1. The van der Waals surface area contributed by atoms with E-state index in [1.807, 2.05) is 22.9 Å². The van der Waals surface area contributed by atoms with E-state index >= 15 is 0 Å². The first-order valence-electron chi connectivity index (χ1n) is 8.31. The Hall–Kier alpha value is -1.73. The van der Waals surface area contributed by atoms with Crippen molar-refractivity contribution in [2.45, 2.75) is 31.8 Å². The van der Waals surface area contributed by atoms with Crippen LogP contribution >= 0.6 is 11.8 Å². The lowest BCUT2D eigenvalue weighted by atomic mass is 10.1. The Balaban J connectivity index is 1.70. The molecule has 0 spiro atoms. The molecule has 128 valence electrons. The molecule has 3 heterocycles. The summed E-state index contributed by atoms with van der Waals surface area (Å²) in [5.41, 5.74) is 0.936. The molecule has 2 aliphatic rings. The van der Waals surface area contributed by atoms with E-state index < -0.39 is 0 Å². The zero-order valence-corrected chi connectivity index (χ0v) is 14.6. The first-order chi connectivity index (χ1) is 11.8. The van der Waals surface area contributed by atoms with Crippen LogP contribution in [0.2, 0.25) is 0 Å². The zero-order chi connectivity index (χ0) is 16.4. The Morgan fingerprint density at radius 1 is 1.25 bits per heavy atom. The maximum Gasteiger partial charge on any atom is 0.231 e. The molecule has 1 aromatic heterocycles. The molecule has 7 heteroatoms. The van der Waals surface area contributed by atoms with Crippen LogP contribution in [0.25, 0.3) is 5.69 Å². The first kappa shape index (κ1) is 15.8. The highest BCUT2D eigenvalue weighted by Crippen LogP contribution is 2.35. The van der Waals surface area contributed by atoms with Crippen molar-refractivity contribution in [1.82, 2.24) is 14.8 Å². The van der Waals surface area contributed by atoms with Gasteiger partial charge in [-0.15, -0.1) is 0 Å². The molecule has 2 aliphatic heterocycles. The lowest BCUT2D eigenvalue weighted by Crippen LogP contribution is -2.16. The van der Waals surface area contributed by atoms with Gasteiger partial charge in [0, 0.05) is 24.8 Å². The fourth-order valence-electron chi connectivity index (χ4n) is 3.03.